The number of rotatable bonds is 7. The van der Waals surface area contributed by atoms with Gasteiger partial charge in [0.2, 0.25) is 0 Å². The molecule has 0 spiro atoms. The van der Waals surface area contributed by atoms with Gasteiger partial charge in [-0.25, -0.2) is 13.2 Å². The third-order valence-electron chi connectivity index (χ3n) is 2.31. The first-order chi connectivity index (χ1) is 8.11. The number of carbonyl (C=O) groups excluding carboxylic acids is 1. The van der Waals surface area contributed by atoms with Gasteiger partial charge in [0, 0.05) is 32.3 Å². The summed E-state index contributed by atoms with van der Waals surface area (Å²) in [5.74, 6) is -1.01. The van der Waals surface area contributed by atoms with Crippen LogP contribution in [0.5, 0.6) is 0 Å². The number of sulfone groups is 1. The number of carboxylic acid groups (broad SMARTS) is 1. The summed E-state index contributed by atoms with van der Waals surface area (Å²) in [5, 5.41) is 11.1. The van der Waals surface area contributed by atoms with E-state index in [2.05, 4.69) is 5.32 Å². The van der Waals surface area contributed by atoms with Crippen molar-refractivity contribution in [3.8, 4) is 0 Å². The summed E-state index contributed by atoms with van der Waals surface area (Å²) < 4.78 is 21.9. The van der Waals surface area contributed by atoms with Crippen molar-refractivity contribution < 1.29 is 23.1 Å². The second-order valence-electron chi connectivity index (χ2n) is 4.33. The molecule has 0 saturated heterocycles. The monoisotopic (exact) mass is 280 g/mol. The van der Waals surface area contributed by atoms with Gasteiger partial charge in [0.1, 0.15) is 9.84 Å². The van der Waals surface area contributed by atoms with E-state index in [1.807, 2.05) is 0 Å². The zero-order valence-corrected chi connectivity index (χ0v) is 11.7. The van der Waals surface area contributed by atoms with Gasteiger partial charge in [-0.2, -0.15) is 0 Å². The van der Waals surface area contributed by atoms with Crippen molar-refractivity contribution in [2.45, 2.75) is 25.8 Å². The average Bonchev–Trinajstić information content (AvgIpc) is 2.21. The standard InChI is InChI=1S/C10H20N2O5S/c1-8(4-5-9(13)14)11-10(15)12(2)6-7-18(3,16)17/h8H,4-7H2,1-3H3,(H,11,15)(H,13,14). The molecule has 0 aromatic rings. The van der Waals surface area contributed by atoms with Crippen molar-refractivity contribution in [1.82, 2.24) is 10.2 Å². The normalized spacial score (nSPS) is 12.8. The summed E-state index contributed by atoms with van der Waals surface area (Å²) >= 11 is 0. The third kappa shape index (κ3) is 8.80. The van der Waals surface area contributed by atoms with Crippen LogP contribution in [0.2, 0.25) is 0 Å². The van der Waals surface area contributed by atoms with Gasteiger partial charge >= 0.3 is 12.0 Å². The molecule has 1 unspecified atom stereocenters. The maximum atomic E-state index is 11.6. The SMILES string of the molecule is CC(CCC(=O)O)NC(=O)N(C)CCS(C)(=O)=O. The van der Waals surface area contributed by atoms with E-state index >= 15 is 0 Å². The van der Waals surface area contributed by atoms with Crippen LogP contribution in [0.25, 0.3) is 0 Å². The number of carbonyl (C=O) groups is 2. The molecule has 0 aliphatic heterocycles. The number of nitrogens with zero attached hydrogens (tertiary/aromatic N) is 1. The second kappa shape index (κ2) is 7.20. The number of hydrogen-bond acceptors (Lipinski definition) is 4. The van der Waals surface area contributed by atoms with Gasteiger partial charge in [-0.3, -0.25) is 4.79 Å². The van der Waals surface area contributed by atoms with Crippen molar-refractivity contribution in [2.24, 2.45) is 0 Å². The first-order valence-corrected chi connectivity index (χ1v) is 7.59. The van der Waals surface area contributed by atoms with Gasteiger partial charge in [0.15, 0.2) is 0 Å². The van der Waals surface area contributed by atoms with Gasteiger partial charge in [0.05, 0.1) is 5.75 Å². The lowest BCUT2D eigenvalue weighted by molar-refractivity contribution is -0.137. The third-order valence-corrected chi connectivity index (χ3v) is 3.23. The molecule has 0 heterocycles. The van der Waals surface area contributed by atoms with E-state index in [1.54, 1.807) is 6.92 Å². The van der Waals surface area contributed by atoms with Crippen LogP contribution in [-0.2, 0) is 14.6 Å². The van der Waals surface area contributed by atoms with Crippen LogP contribution in [0.1, 0.15) is 19.8 Å². The second-order valence-corrected chi connectivity index (χ2v) is 6.59. The molecule has 18 heavy (non-hydrogen) atoms. The predicted molar refractivity (Wildman–Crippen MR) is 67.2 cm³/mol. The maximum Gasteiger partial charge on any atom is 0.317 e. The Hall–Kier alpha value is -1.31. The topological polar surface area (TPSA) is 104 Å². The van der Waals surface area contributed by atoms with Crippen LogP contribution in [0.4, 0.5) is 4.79 Å². The summed E-state index contributed by atoms with van der Waals surface area (Å²) in [5.41, 5.74) is 0. The summed E-state index contributed by atoms with van der Waals surface area (Å²) in [6, 6.07) is -0.675. The van der Waals surface area contributed by atoms with Crippen LogP contribution < -0.4 is 5.32 Å². The van der Waals surface area contributed by atoms with Crippen molar-refractivity contribution in [3.63, 3.8) is 0 Å². The number of carboxylic acids is 1. The number of nitrogens with one attached hydrogen (secondary N) is 1. The Balaban J connectivity index is 4.04. The predicted octanol–water partition coefficient (Wildman–Crippen LogP) is -0.0743. The molecule has 8 heteroatoms. The van der Waals surface area contributed by atoms with E-state index in [9.17, 15) is 18.0 Å². The quantitative estimate of drug-likeness (QED) is 0.679. The van der Waals surface area contributed by atoms with Crippen molar-refractivity contribution in [1.29, 1.82) is 0 Å². The molecular weight excluding hydrogens is 260 g/mol. The van der Waals surface area contributed by atoms with Crippen LogP contribution in [0.15, 0.2) is 0 Å². The molecule has 0 saturated carbocycles. The van der Waals surface area contributed by atoms with E-state index in [-0.39, 0.29) is 24.8 Å². The van der Waals surface area contributed by atoms with E-state index in [0.717, 1.165) is 6.26 Å². The molecule has 106 valence electrons. The van der Waals surface area contributed by atoms with Gasteiger partial charge in [-0.1, -0.05) is 0 Å². The summed E-state index contributed by atoms with van der Waals surface area (Å²) in [7, 11) is -1.61. The van der Waals surface area contributed by atoms with Gasteiger partial charge in [-0.15, -0.1) is 0 Å². The lowest BCUT2D eigenvalue weighted by atomic mass is 10.2. The van der Waals surface area contributed by atoms with E-state index in [0.29, 0.717) is 6.42 Å². The van der Waals surface area contributed by atoms with Crippen LogP contribution in [-0.4, -0.2) is 62.1 Å². The minimum atomic E-state index is -3.10. The highest BCUT2D eigenvalue weighted by atomic mass is 32.2. The Kier molecular flexibility index (Phi) is 6.67. The Morgan fingerprint density at radius 1 is 1.39 bits per heavy atom. The minimum Gasteiger partial charge on any atom is -0.481 e. The molecule has 0 fully saturated rings. The highest BCUT2D eigenvalue weighted by molar-refractivity contribution is 7.90. The Morgan fingerprint density at radius 3 is 2.39 bits per heavy atom. The summed E-state index contributed by atoms with van der Waals surface area (Å²) in [6.07, 6.45) is 1.42. The lowest BCUT2D eigenvalue weighted by Gasteiger charge is -2.20. The highest BCUT2D eigenvalue weighted by Crippen LogP contribution is 1.98. The highest BCUT2D eigenvalue weighted by Gasteiger charge is 2.14. The molecule has 0 aromatic heterocycles. The molecular formula is C10H20N2O5S. The fourth-order valence-corrected chi connectivity index (χ4v) is 1.74. The van der Waals surface area contributed by atoms with E-state index < -0.39 is 21.8 Å². The molecule has 0 aromatic carbocycles. The number of aliphatic carboxylic acids is 1. The average molecular weight is 280 g/mol. The molecule has 0 aliphatic rings. The molecule has 2 amide bonds. The van der Waals surface area contributed by atoms with Gasteiger partial charge in [0.25, 0.3) is 0 Å². The number of hydrogen-bond donors (Lipinski definition) is 2. The summed E-state index contributed by atoms with van der Waals surface area (Å²) in [4.78, 5) is 23.2. The first-order valence-electron chi connectivity index (χ1n) is 5.53. The minimum absolute atomic E-state index is 0.0193. The summed E-state index contributed by atoms with van der Waals surface area (Å²) in [6.45, 7) is 1.81. The zero-order chi connectivity index (χ0) is 14.3. The largest absolute Gasteiger partial charge is 0.481 e. The van der Waals surface area contributed by atoms with Gasteiger partial charge in [-0.05, 0) is 13.3 Å². The molecule has 1 atom stereocenters. The first kappa shape index (κ1) is 16.7. The Morgan fingerprint density at radius 2 is 1.94 bits per heavy atom. The van der Waals surface area contributed by atoms with Crippen molar-refractivity contribution >= 4 is 21.8 Å². The zero-order valence-electron chi connectivity index (χ0n) is 10.8. The van der Waals surface area contributed by atoms with Crippen molar-refractivity contribution in [2.75, 3.05) is 25.6 Å². The molecule has 0 aliphatic carbocycles. The van der Waals surface area contributed by atoms with Gasteiger partial charge < -0.3 is 15.3 Å². The van der Waals surface area contributed by atoms with E-state index in [1.165, 1.54) is 11.9 Å². The maximum absolute atomic E-state index is 11.6. The smallest absolute Gasteiger partial charge is 0.317 e. The van der Waals surface area contributed by atoms with Crippen LogP contribution >= 0.6 is 0 Å². The molecule has 0 bridgehead atoms. The molecule has 7 nitrogen and oxygen atoms in total. The fraction of sp³-hybridized carbons (Fsp3) is 0.800. The van der Waals surface area contributed by atoms with Crippen molar-refractivity contribution in [3.05, 3.63) is 0 Å². The molecule has 0 radical (unpaired) electrons. The number of urea groups is 1. The Bertz CT molecular complexity index is 393. The Labute approximate surface area is 107 Å². The fourth-order valence-electron chi connectivity index (χ4n) is 1.14. The number of amides is 2. The van der Waals surface area contributed by atoms with Crippen LogP contribution in [0, 0.1) is 0 Å². The van der Waals surface area contributed by atoms with Crippen LogP contribution in [0.3, 0.4) is 0 Å². The molecule has 0 rings (SSSR count). The molecule has 2 N–H and O–H groups in total. The lowest BCUT2D eigenvalue weighted by Crippen LogP contribution is -2.43. The van der Waals surface area contributed by atoms with E-state index in [4.69, 9.17) is 5.11 Å².